The molecule has 4 unspecified atom stereocenters. The Labute approximate surface area is 93.9 Å². The summed E-state index contributed by atoms with van der Waals surface area (Å²) in [6.07, 6.45) is 5.63. The molecule has 4 aliphatic rings. The number of hydrazine groups is 6. The molecule has 1 saturated carbocycles. The molecule has 0 spiro atoms. The van der Waals surface area contributed by atoms with Crippen molar-refractivity contribution >= 4 is 0 Å². The van der Waals surface area contributed by atoms with Gasteiger partial charge in [0.25, 0.3) is 0 Å². The van der Waals surface area contributed by atoms with Gasteiger partial charge in [0.05, 0.1) is 0 Å². The highest BCUT2D eigenvalue weighted by Crippen LogP contribution is 2.33. The van der Waals surface area contributed by atoms with Gasteiger partial charge in [-0.05, 0) is 12.8 Å². The van der Waals surface area contributed by atoms with Crippen molar-refractivity contribution in [1.29, 1.82) is 0 Å². The molecule has 3 heterocycles. The van der Waals surface area contributed by atoms with Gasteiger partial charge in [0.15, 0.2) is 0 Å². The van der Waals surface area contributed by atoms with Crippen LogP contribution >= 0.6 is 0 Å². The molecule has 0 aromatic heterocycles. The third-order valence-electron chi connectivity index (χ3n) is 4.12. The lowest BCUT2D eigenvalue weighted by Gasteiger charge is -2.50. The Morgan fingerprint density at radius 2 is 1.25 bits per heavy atom. The highest BCUT2D eigenvalue weighted by Gasteiger charge is 2.52. The summed E-state index contributed by atoms with van der Waals surface area (Å²) in [6.45, 7) is 0. The Bertz CT molecular complexity index is 257. The largest absolute Gasteiger partial charge is 0.221 e. The molecule has 16 heavy (non-hydrogen) atoms. The second kappa shape index (κ2) is 3.59. The maximum Gasteiger partial charge on any atom is 0.120 e. The van der Waals surface area contributed by atoms with E-state index in [0.29, 0.717) is 12.1 Å². The number of nitrogens with zero attached hydrogens (tertiary/aromatic N) is 2. The van der Waals surface area contributed by atoms with Crippen molar-refractivity contribution in [1.82, 2.24) is 43.0 Å². The average Bonchev–Trinajstić information content (AvgIpc) is 2.98. The fraction of sp³-hybridized carbons (Fsp3) is 1.00. The van der Waals surface area contributed by atoms with Crippen LogP contribution in [0.15, 0.2) is 0 Å². The molecule has 3 aliphatic heterocycles. The molecule has 3 saturated heterocycles. The molecule has 1 aliphatic carbocycles. The molecule has 0 amide bonds. The number of rotatable bonds is 0. The molecule has 4 atom stereocenters. The maximum atomic E-state index is 3.24. The Hall–Kier alpha value is -0.320. The van der Waals surface area contributed by atoms with Crippen LogP contribution in [-0.2, 0) is 0 Å². The predicted molar refractivity (Wildman–Crippen MR) is 56.1 cm³/mol. The van der Waals surface area contributed by atoms with Crippen LogP contribution in [0.3, 0.4) is 0 Å². The van der Waals surface area contributed by atoms with Crippen molar-refractivity contribution < 1.29 is 0 Å². The van der Waals surface area contributed by atoms with Gasteiger partial charge in [0, 0.05) is 12.1 Å². The van der Waals surface area contributed by atoms with Crippen LogP contribution in [0, 0.1) is 0 Å². The minimum atomic E-state index is 0.238. The van der Waals surface area contributed by atoms with Crippen LogP contribution in [0.2, 0.25) is 0 Å². The molecule has 4 fully saturated rings. The molecule has 0 radical (unpaired) electrons. The van der Waals surface area contributed by atoms with Crippen molar-refractivity contribution in [2.45, 2.75) is 50.1 Å². The molecule has 90 valence electrons. The zero-order valence-corrected chi connectivity index (χ0v) is 9.03. The summed E-state index contributed by atoms with van der Waals surface area (Å²) in [4.78, 5) is 0. The zero-order valence-electron chi connectivity index (χ0n) is 9.03. The van der Waals surface area contributed by atoms with Crippen LogP contribution in [0.1, 0.15) is 25.7 Å². The molecule has 8 heteroatoms. The van der Waals surface area contributed by atoms with E-state index in [9.17, 15) is 0 Å². The third kappa shape index (κ3) is 1.21. The molecule has 0 aromatic carbocycles. The third-order valence-corrected chi connectivity index (χ3v) is 4.12. The first kappa shape index (κ1) is 9.68. The molecular weight excluding hydrogens is 208 g/mol. The van der Waals surface area contributed by atoms with E-state index in [2.05, 4.69) is 43.0 Å². The Morgan fingerprint density at radius 1 is 0.750 bits per heavy atom. The summed E-state index contributed by atoms with van der Waals surface area (Å²) < 4.78 is 0. The predicted octanol–water partition coefficient (Wildman–Crippen LogP) is -2.38. The zero-order chi connectivity index (χ0) is 10.5. The van der Waals surface area contributed by atoms with Gasteiger partial charge < -0.3 is 0 Å². The van der Waals surface area contributed by atoms with E-state index in [1.54, 1.807) is 0 Å². The Morgan fingerprint density at radius 3 is 1.75 bits per heavy atom. The van der Waals surface area contributed by atoms with Gasteiger partial charge in [-0.3, -0.25) is 0 Å². The fourth-order valence-electron chi connectivity index (χ4n) is 3.40. The standard InChI is InChI=1S/C8H18N8/c1-2-4-6-5(3-1)15-7(9-11-13-15)8-10-12-14-16(6)8/h5-14H,1-4H2. The van der Waals surface area contributed by atoms with Crippen LogP contribution in [0.5, 0.6) is 0 Å². The van der Waals surface area contributed by atoms with Gasteiger partial charge in [-0.1, -0.05) is 12.8 Å². The number of piperazine rings is 1. The maximum absolute atomic E-state index is 3.24. The van der Waals surface area contributed by atoms with Crippen molar-refractivity contribution in [3.63, 3.8) is 0 Å². The topological polar surface area (TPSA) is 78.7 Å². The first-order valence-corrected chi connectivity index (χ1v) is 6.04. The van der Waals surface area contributed by atoms with E-state index >= 15 is 0 Å². The van der Waals surface area contributed by atoms with Crippen LogP contribution in [0.4, 0.5) is 0 Å². The molecule has 0 aromatic rings. The molecular formula is C8H18N8. The van der Waals surface area contributed by atoms with Crippen LogP contribution < -0.4 is 33.0 Å². The van der Waals surface area contributed by atoms with Gasteiger partial charge in [0.1, 0.15) is 12.3 Å². The van der Waals surface area contributed by atoms with Gasteiger partial charge in [-0.25, -0.2) is 20.9 Å². The van der Waals surface area contributed by atoms with Gasteiger partial charge in [-0.15, -0.1) is 0 Å². The van der Waals surface area contributed by atoms with Crippen molar-refractivity contribution in [3.05, 3.63) is 0 Å². The highest BCUT2D eigenvalue weighted by atomic mass is 16.0. The number of hydrogen-bond acceptors (Lipinski definition) is 8. The van der Waals surface area contributed by atoms with Crippen molar-refractivity contribution in [2.75, 3.05) is 0 Å². The number of nitrogens with one attached hydrogen (secondary N) is 6. The van der Waals surface area contributed by atoms with Crippen molar-refractivity contribution in [3.8, 4) is 0 Å². The Kier molecular flexibility index (Phi) is 2.17. The summed E-state index contributed by atoms with van der Waals surface area (Å²) in [6, 6.07) is 1.12. The van der Waals surface area contributed by atoms with E-state index in [-0.39, 0.29) is 12.3 Å². The van der Waals surface area contributed by atoms with E-state index in [1.807, 2.05) is 0 Å². The molecule has 8 nitrogen and oxygen atoms in total. The first-order chi connectivity index (χ1) is 7.95. The van der Waals surface area contributed by atoms with Crippen molar-refractivity contribution in [2.24, 2.45) is 0 Å². The smallest absolute Gasteiger partial charge is 0.120 e. The second-order valence-electron chi connectivity index (χ2n) is 4.89. The monoisotopic (exact) mass is 226 g/mol. The summed E-state index contributed by atoms with van der Waals surface area (Å²) in [5.41, 5.74) is 19.0. The van der Waals surface area contributed by atoms with Gasteiger partial charge in [0.2, 0.25) is 0 Å². The van der Waals surface area contributed by atoms with Gasteiger partial charge in [-0.2, -0.15) is 22.1 Å². The van der Waals surface area contributed by atoms with Crippen LogP contribution in [-0.4, -0.2) is 34.4 Å². The Balaban J connectivity index is 1.67. The lowest BCUT2D eigenvalue weighted by Crippen LogP contribution is -2.72. The average molecular weight is 226 g/mol. The molecule has 6 N–H and O–H groups in total. The summed E-state index contributed by atoms with van der Waals surface area (Å²) >= 11 is 0. The van der Waals surface area contributed by atoms with E-state index in [4.69, 9.17) is 0 Å². The second-order valence-corrected chi connectivity index (χ2v) is 4.89. The first-order valence-electron chi connectivity index (χ1n) is 6.04. The summed E-state index contributed by atoms with van der Waals surface area (Å²) in [5.74, 6) is 0. The minimum Gasteiger partial charge on any atom is -0.221 e. The van der Waals surface area contributed by atoms with E-state index in [1.165, 1.54) is 25.7 Å². The fourth-order valence-corrected chi connectivity index (χ4v) is 3.40. The van der Waals surface area contributed by atoms with Gasteiger partial charge >= 0.3 is 0 Å². The quantitative estimate of drug-likeness (QED) is 0.273. The number of hydrogen-bond donors (Lipinski definition) is 6. The lowest BCUT2D eigenvalue weighted by atomic mass is 9.87. The number of fused-ring (bicyclic) bond motifs is 6. The lowest BCUT2D eigenvalue weighted by molar-refractivity contribution is -0.0933. The van der Waals surface area contributed by atoms with E-state index < -0.39 is 0 Å². The normalized spacial score (nSPS) is 48.8. The van der Waals surface area contributed by atoms with Crippen LogP contribution in [0.25, 0.3) is 0 Å². The highest BCUT2D eigenvalue weighted by molar-refractivity contribution is 5.00. The SMILES string of the molecule is C1CCC2C(C1)N1NNNC1C1NNNN21. The molecule has 4 rings (SSSR count). The van der Waals surface area contributed by atoms with E-state index in [0.717, 1.165) is 0 Å². The summed E-state index contributed by atoms with van der Waals surface area (Å²) in [5, 5.41) is 4.62. The minimum absolute atomic E-state index is 0.238. The summed E-state index contributed by atoms with van der Waals surface area (Å²) in [7, 11) is 0. The molecule has 0 bridgehead atoms.